The number of carbonyl (C=O) groups is 1. The Balaban J connectivity index is 1.45. The van der Waals surface area contributed by atoms with Gasteiger partial charge in [-0.1, -0.05) is 17.3 Å². The second-order valence-corrected chi connectivity index (χ2v) is 8.23. The second kappa shape index (κ2) is 8.48. The Kier molecular flexibility index (Phi) is 5.72. The van der Waals surface area contributed by atoms with Gasteiger partial charge in [0.25, 0.3) is 6.43 Å². The fraction of sp³-hybridized carbons (Fsp3) is 0.381. The van der Waals surface area contributed by atoms with Crippen LogP contribution < -0.4 is 15.0 Å². The summed E-state index contributed by atoms with van der Waals surface area (Å²) in [4.78, 5) is 13.8. The van der Waals surface area contributed by atoms with Crippen LogP contribution >= 0.6 is 0 Å². The molecule has 1 aliphatic rings. The molecule has 9 nitrogen and oxygen atoms in total. The first-order valence-corrected chi connectivity index (χ1v) is 10.0. The zero-order valence-electron chi connectivity index (χ0n) is 17.9. The van der Waals surface area contributed by atoms with Crippen LogP contribution in [0.1, 0.15) is 37.2 Å². The summed E-state index contributed by atoms with van der Waals surface area (Å²) in [6.45, 7) is 6.62. The summed E-state index contributed by atoms with van der Waals surface area (Å²) in [6, 6.07) is 9.27. The van der Waals surface area contributed by atoms with Gasteiger partial charge in [0.1, 0.15) is 12.3 Å². The summed E-state index contributed by atoms with van der Waals surface area (Å²) < 4.78 is 32.9. The number of benzene rings is 1. The zero-order valence-corrected chi connectivity index (χ0v) is 17.9. The van der Waals surface area contributed by atoms with Crippen molar-refractivity contribution in [1.82, 2.24) is 30.5 Å². The molecule has 1 saturated heterocycles. The molecule has 0 saturated carbocycles. The maximum absolute atomic E-state index is 12.8. The second-order valence-electron chi connectivity index (χ2n) is 8.23. The molecule has 3 heterocycles. The van der Waals surface area contributed by atoms with Gasteiger partial charge in [-0.2, -0.15) is 0 Å². The van der Waals surface area contributed by atoms with Gasteiger partial charge in [0.2, 0.25) is 11.8 Å². The number of halogens is 2. The van der Waals surface area contributed by atoms with Crippen LogP contribution in [-0.4, -0.2) is 49.7 Å². The van der Waals surface area contributed by atoms with Crippen molar-refractivity contribution >= 4 is 11.7 Å². The van der Waals surface area contributed by atoms with E-state index < -0.39 is 6.43 Å². The normalized spacial score (nSPS) is 15.7. The van der Waals surface area contributed by atoms with Crippen molar-refractivity contribution in [2.45, 2.75) is 39.3 Å². The van der Waals surface area contributed by atoms with Gasteiger partial charge in [0, 0.05) is 18.2 Å². The van der Waals surface area contributed by atoms with E-state index in [4.69, 9.17) is 4.74 Å². The highest BCUT2D eigenvalue weighted by molar-refractivity contribution is 5.83. The SMILES string of the molecule is Cc1nnn(-c2ccc(C(F)F)cc2)c1COc1ccc(N2CC(=O)NC(C)(C)C2)nn1. The van der Waals surface area contributed by atoms with Crippen molar-refractivity contribution in [3.05, 3.63) is 53.3 Å². The lowest BCUT2D eigenvalue weighted by atomic mass is 10.0. The molecule has 2 aromatic heterocycles. The minimum atomic E-state index is -2.53. The van der Waals surface area contributed by atoms with E-state index in [1.807, 2.05) is 18.7 Å². The molecule has 1 amide bonds. The smallest absolute Gasteiger partial charge is 0.263 e. The molecule has 3 aromatic rings. The number of anilines is 1. The van der Waals surface area contributed by atoms with E-state index in [1.54, 1.807) is 35.9 Å². The quantitative estimate of drug-likeness (QED) is 0.625. The summed E-state index contributed by atoms with van der Waals surface area (Å²) in [5.74, 6) is 0.818. The van der Waals surface area contributed by atoms with Crippen molar-refractivity contribution < 1.29 is 18.3 Å². The molecule has 32 heavy (non-hydrogen) atoms. The maximum atomic E-state index is 12.8. The third kappa shape index (κ3) is 4.66. The van der Waals surface area contributed by atoms with Crippen LogP contribution in [0.15, 0.2) is 36.4 Å². The van der Waals surface area contributed by atoms with E-state index in [-0.39, 0.29) is 30.2 Å². The number of piperazine rings is 1. The van der Waals surface area contributed by atoms with Crippen LogP contribution in [0.25, 0.3) is 5.69 Å². The minimum absolute atomic E-state index is 0.0617. The lowest BCUT2D eigenvalue weighted by molar-refractivity contribution is -0.122. The number of hydrogen-bond acceptors (Lipinski definition) is 7. The highest BCUT2D eigenvalue weighted by Gasteiger charge is 2.31. The number of aromatic nitrogens is 5. The molecular weight excluding hydrogens is 420 g/mol. The summed E-state index contributed by atoms with van der Waals surface area (Å²) >= 11 is 0. The topological polar surface area (TPSA) is 98.1 Å². The van der Waals surface area contributed by atoms with Gasteiger partial charge in [0.05, 0.1) is 23.5 Å². The van der Waals surface area contributed by atoms with Gasteiger partial charge in [-0.05, 0) is 39.0 Å². The third-order valence-corrected chi connectivity index (χ3v) is 5.05. The molecule has 0 unspecified atom stereocenters. The van der Waals surface area contributed by atoms with Crippen molar-refractivity contribution in [2.24, 2.45) is 0 Å². The highest BCUT2D eigenvalue weighted by atomic mass is 19.3. The van der Waals surface area contributed by atoms with E-state index in [9.17, 15) is 13.6 Å². The summed E-state index contributed by atoms with van der Waals surface area (Å²) in [6.07, 6.45) is -2.53. The molecule has 1 aliphatic heterocycles. The number of aryl methyl sites for hydroxylation is 1. The Morgan fingerprint density at radius 3 is 2.50 bits per heavy atom. The van der Waals surface area contributed by atoms with Gasteiger partial charge in [-0.3, -0.25) is 4.79 Å². The Morgan fingerprint density at radius 2 is 1.88 bits per heavy atom. The molecule has 0 aliphatic carbocycles. The number of carbonyl (C=O) groups excluding carboxylic acids is 1. The van der Waals surface area contributed by atoms with Crippen LogP contribution in [0.5, 0.6) is 5.88 Å². The Labute approximate surface area is 183 Å². The molecule has 0 atom stereocenters. The maximum Gasteiger partial charge on any atom is 0.263 e. The fourth-order valence-electron chi connectivity index (χ4n) is 3.54. The molecule has 0 radical (unpaired) electrons. The van der Waals surface area contributed by atoms with E-state index in [0.717, 1.165) is 0 Å². The van der Waals surface area contributed by atoms with Gasteiger partial charge < -0.3 is 15.0 Å². The van der Waals surface area contributed by atoms with Gasteiger partial charge in [-0.25, -0.2) is 13.5 Å². The van der Waals surface area contributed by atoms with Crippen molar-refractivity contribution in [3.8, 4) is 11.6 Å². The average molecular weight is 443 g/mol. The molecule has 168 valence electrons. The highest BCUT2D eigenvalue weighted by Crippen LogP contribution is 2.22. The van der Waals surface area contributed by atoms with Crippen LogP contribution in [-0.2, 0) is 11.4 Å². The zero-order chi connectivity index (χ0) is 22.9. The van der Waals surface area contributed by atoms with Gasteiger partial charge >= 0.3 is 0 Å². The first kappa shape index (κ1) is 21.6. The van der Waals surface area contributed by atoms with Crippen LogP contribution in [0.3, 0.4) is 0 Å². The molecular formula is C21H23F2N7O2. The lowest BCUT2D eigenvalue weighted by Gasteiger charge is -2.38. The van der Waals surface area contributed by atoms with Crippen LogP contribution in [0, 0.1) is 6.92 Å². The third-order valence-electron chi connectivity index (χ3n) is 5.05. The van der Waals surface area contributed by atoms with Crippen molar-refractivity contribution in [2.75, 3.05) is 18.0 Å². The Hall–Kier alpha value is -3.63. The first-order chi connectivity index (χ1) is 15.2. The molecule has 11 heteroatoms. The average Bonchev–Trinajstić information content (AvgIpc) is 3.11. The Bertz CT molecular complexity index is 1100. The summed E-state index contributed by atoms with van der Waals surface area (Å²) in [5, 5.41) is 19.4. The monoisotopic (exact) mass is 443 g/mol. The summed E-state index contributed by atoms with van der Waals surface area (Å²) in [7, 11) is 0. The Morgan fingerprint density at radius 1 is 1.12 bits per heavy atom. The number of rotatable bonds is 6. The predicted molar refractivity (Wildman–Crippen MR) is 112 cm³/mol. The fourth-order valence-corrected chi connectivity index (χ4v) is 3.54. The molecule has 4 rings (SSSR count). The number of nitrogens with zero attached hydrogens (tertiary/aromatic N) is 6. The largest absolute Gasteiger partial charge is 0.470 e. The van der Waals surface area contributed by atoms with Gasteiger partial charge in [-0.15, -0.1) is 15.3 Å². The molecule has 1 N–H and O–H groups in total. The van der Waals surface area contributed by atoms with Crippen molar-refractivity contribution in [1.29, 1.82) is 0 Å². The van der Waals surface area contributed by atoms with Crippen LogP contribution in [0.2, 0.25) is 0 Å². The molecule has 1 fully saturated rings. The number of nitrogens with one attached hydrogen (secondary N) is 1. The number of ether oxygens (including phenoxy) is 1. The van der Waals surface area contributed by atoms with E-state index in [2.05, 4.69) is 25.8 Å². The first-order valence-electron chi connectivity index (χ1n) is 10.0. The van der Waals surface area contributed by atoms with Crippen LogP contribution in [0.4, 0.5) is 14.6 Å². The van der Waals surface area contributed by atoms with Gasteiger partial charge in [0.15, 0.2) is 5.82 Å². The molecule has 1 aromatic carbocycles. The van der Waals surface area contributed by atoms with E-state index >= 15 is 0 Å². The summed E-state index contributed by atoms with van der Waals surface area (Å²) in [5.41, 5.74) is 1.49. The van der Waals surface area contributed by atoms with E-state index in [0.29, 0.717) is 35.3 Å². The van der Waals surface area contributed by atoms with Crippen molar-refractivity contribution in [3.63, 3.8) is 0 Å². The predicted octanol–water partition coefficient (Wildman–Crippen LogP) is 2.60. The number of hydrogen-bond donors (Lipinski definition) is 1. The number of alkyl halides is 2. The number of amides is 1. The standard InChI is InChI=1S/C21H23F2N7O2/c1-13-16(30(28-25-13)15-6-4-14(5-7-15)20(22)23)11-32-19-9-8-17(26-27-19)29-10-18(31)24-21(2,3)12-29/h4-9,20H,10-12H2,1-3H3,(H,24,31). The molecule has 0 bridgehead atoms. The van der Waals surface area contributed by atoms with E-state index in [1.165, 1.54) is 12.1 Å². The minimum Gasteiger partial charge on any atom is -0.470 e. The molecule has 0 spiro atoms. The lowest BCUT2D eigenvalue weighted by Crippen LogP contribution is -2.60.